The number of benzene rings is 1. The van der Waals surface area contributed by atoms with Crippen molar-refractivity contribution in [3.8, 4) is 0 Å². The number of hydrogen-bond acceptors (Lipinski definition) is 4. The van der Waals surface area contributed by atoms with Crippen LogP contribution in [-0.2, 0) is 16.6 Å². The highest BCUT2D eigenvalue weighted by Crippen LogP contribution is 2.39. The van der Waals surface area contributed by atoms with E-state index in [2.05, 4.69) is 4.72 Å². The van der Waals surface area contributed by atoms with Crippen molar-refractivity contribution < 1.29 is 17.9 Å². The van der Waals surface area contributed by atoms with Crippen LogP contribution in [0.25, 0.3) is 0 Å². The Morgan fingerprint density at radius 3 is 2.57 bits per heavy atom. The second-order valence-electron chi connectivity index (χ2n) is 5.34. The van der Waals surface area contributed by atoms with Crippen molar-refractivity contribution in [3.05, 3.63) is 29.6 Å². The predicted molar refractivity (Wildman–Crippen MR) is 82.2 cm³/mol. The van der Waals surface area contributed by atoms with Gasteiger partial charge in [0.1, 0.15) is 10.7 Å². The molecule has 0 unspecified atom stereocenters. The lowest BCUT2D eigenvalue weighted by Gasteiger charge is -2.26. The molecule has 7 heteroatoms. The number of aliphatic hydroxyl groups excluding tert-OH is 1. The van der Waals surface area contributed by atoms with Crippen LogP contribution in [0.1, 0.15) is 31.2 Å². The smallest absolute Gasteiger partial charge is 0.243 e. The van der Waals surface area contributed by atoms with Gasteiger partial charge < -0.3 is 5.11 Å². The lowest BCUT2D eigenvalue weighted by atomic mass is 10.1. The zero-order chi connectivity index (χ0) is 15.5. The average molecular weight is 333 g/mol. The summed E-state index contributed by atoms with van der Waals surface area (Å²) in [4.78, 5) is -0.367. The Hall–Kier alpha value is -0.630. The molecule has 0 atom stereocenters. The zero-order valence-corrected chi connectivity index (χ0v) is 13.6. The number of hydrogen-bond donors (Lipinski definition) is 2. The fourth-order valence-corrected chi connectivity index (χ4v) is 4.83. The second kappa shape index (κ2) is 6.64. The standard InChI is InChI=1S/C14H20FNO3S2/c1-20-14(6-2-3-7-14)10-16-21(18,19)13-5-4-11(9-17)8-12(13)15/h4-5,8,16-17H,2-3,6-7,9-10H2,1H3. The third-order valence-electron chi connectivity index (χ3n) is 4.00. The molecule has 21 heavy (non-hydrogen) atoms. The molecule has 1 aromatic carbocycles. The zero-order valence-electron chi connectivity index (χ0n) is 11.9. The maximum Gasteiger partial charge on any atom is 0.243 e. The molecule has 0 aromatic heterocycles. The molecule has 2 N–H and O–H groups in total. The van der Waals surface area contributed by atoms with E-state index in [1.165, 1.54) is 12.1 Å². The summed E-state index contributed by atoms with van der Waals surface area (Å²) in [5.74, 6) is -0.835. The third-order valence-corrected chi connectivity index (χ3v) is 6.85. The molecule has 4 nitrogen and oxygen atoms in total. The summed E-state index contributed by atoms with van der Waals surface area (Å²) in [7, 11) is -3.87. The highest BCUT2D eigenvalue weighted by atomic mass is 32.2. The predicted octanol–water partition coefficient (Wildman–Crippen LogP) is 2.27. The van der Waals surface area contributed by atoms with E-state index in [0.29, 0.717) is 12.1 Å². The van der Waals surface area contributed by atoms with Crippen LogP contribution in [-0.4, -0.2) is 31.1 Å². The lowest BCUT2D eigenvalue weighted by Crippen LogP contribution is -2.38. The van der Waals surface area contributed by atoms with Gasteiger partial charge in [0.05, 0.1) is 6.61 Å². The number of rotatable bonds is 6. The Morgan fingerprint density at radius 2 is 2.05 bits per heavy atom. The van der Waals surface area contributed by atoms with Crippen molar-refractivity contribution in [2.24, 2.45) is 0 Å². The molecule has 0 amide bonds. The molecule has 1 fully saturated rings. The Labute approximate surface area is 129 Å². The van der Waals surface area contributed by atoms with Gasteiger partial charge in [-0.15, -0.1) is 0 Å². The summed E-state index contributed by atoms with van der Waals surface area (Å²) in [6.07, 6.45) is 6.13. The molecule has 1 saturated carbocycles. The van der Waals surface area contributed by atoms with Gasteiger partial charge in [-0.25, -0.2) is 17.5 Å². The van der Waals surface area contributed by atoms with Crippen molar-refractivity contribution >= 4 is 21.8 Å². The number of sulfonamides is 1. The summed E-state index contributed by atoms with van der Waals surface area (Å²) in [5.41, 5.74) is 0.350. The van der Waals surface area contributed by atoms with Gasteiger partial charge in [0.25, 0.3) is 0 Å². The van der Waals surface area contributed by atoms with Crippen LogP contribution in [0.15, 0.2) is 23.1 Å². The first kappa shape index (κ1) is 16.7. The first-order valence-corrected chi connectivity index (χ1v) is 9.57. The van der Waals surface area contributed by atoms with Gasteiger partial charge >= 0.3 is 0 Å². The Morgan fingerprint density at radius 1 is 1.38 bits per heavy atom. The molecular weight excluding hydrogens is 313 g/mol. The van der Waals surface area contributed by atoms with Gasteiger partial charge in [-0.1, -0.05) is 18.9 Å². The molecule has 118 valence electrons. The van der Waals surface area contributed by atoms with E-state index in [-0.39, 0.29) is 16.2 Å². The summed E-state index contributed by atoms with van der Waals surface area (Å²) in [5, 5.41) is 8.93. The monoisotopic (exact) mass is 333 g/mol. The minimum Gasteiger partial charge on any atom is -0.392 e. The van der Waals surface area contributed by atoms with Crippen molar-refractivity contribution in [1.29, 1.82) is 0 Å². The van der Waals surface area contributed by atoms with Gasteiger partial charge in [0.2, 0.25) is 10.0 Å². The van der Waals surface area contributed by atoms with Crippen LogP contribution in [0.4, 0.5) is 4.39 Å². The molecule has 0 spiro atoms. The average Bonchev–Trinajstić information content (AvgIpc) is 2.94. The molecule has 0 heterocycles. The number of aliphatic hydroxyl groups is 1. The van der Waals surface area contributed by atoms with E-state index < -0.39 is 15.8 Å². The maximum atomic E-state index is 13.9. The van der Waals surface area contributed by atoms with Gasteiger partial charge in [-0.3, -0.25) is 0 Å². The van der Waals surface area contributed by atoms with Crippen LogP contribution >= 0.6 is 11.8 Å². The number of halogens is 1. The van der Waals surface area contributed by atoms with E-state index in [1.54, 1.807) is 11.8 Å². The molecule has 0 saturated heterocycles. The Bertz CT molecular complexity index is 598. The normalized spacial score (nSPS) is 18.0. The minimum atomic E-state index is -3.87. The maximum absolute atomic E-state index is 13.9. The number of thioether (sulfide) groups is 1. The highest BCUT2D eigenvalue weighted by molar-refractivity contribution is 8.00. The van der Waals surface area contributed by atoms with Crippen LogP contribution in [0.5, 0.6) is 0 Å². The molecule has 0 radical (unpaired) electrons. The Balaban J connectivity index is 2.15. The first-order chi connectivity index (χ1) is 9.92. The Kier molecular flexibility index (Phi) is 5.29. The van der Waals surface area contributed by atoms with Crippen molar-refractivity contribution in [2.45, 2.75) is 41.9 Å². The van der Waals surface area contributed by atoms with Gasteiger partial charge in [-0.2, -0.15) is 11.8 Å². The fourth-order valence-electron chi connectivity index (χ4n) is 2.64. The topological polar surface area (TPSA) is 66.4 Å². The molecule has 0 aliphatic heterocycles. The molecule has 1 aromatic rings. The summed E-state index contributed by atoms with van der Waals surface area (Å²) >= 11 is 1.67. The summed E-state index contributed by atoms with van der Waals surface area (Å²) < 4.78 is 40.8. The van der Waals surface area contributed by atoms with E-state index in [1.807, 2.05) is 6.26 Å². The van der Waals surface area contributed by atoms with Crippen molar-refractivity contribution in [1.82, 2.24) is 4.72 Å². The van der Waals surface area contributed by atoms with Crippen LogP contribution in [0.3, 0.4) is 0 Å². The van der Waals surface area contributed by atoms with Crippen LogP contribution in [0, 0.1) is 5.82 Å². The molecule has 1 aliphatic rings. The molecule has 2 rings (SSSR count). The summed E-state index contributed by atoms with van der Waals surface area (Å²) in [6, 6.07) is 3.66. The summed E-state index contributed by atoms with van der Waals surface area (Å²) in [6.45, 7) is -0.00203. The highest BCUT2D eigenvalue weighted by Gasteiger charge is 2.34. The van der Waals surface area contributed by atoms with E-state index in [0.717, 1.165) is 31.7 Å². The SMILES string of the molecule is CSC1(CNS(=O)(=O)c2ccc(CO)cc2F)CCCC1. The van der Waals surface area contributed by atoms with Crippen LogP contribution < -0.4 is 4.72 Å². The lowest BCUT2D eigenvalue weighted by molar-refractivity contribution is 0.281. The number of nitrogens with one attached hydrogen (secondary N) is 1. The molecular formula is C14H20FNO3S2. The largest absolute Gasteiger partial charge is 0.392 e. The fraction of sp³-hybridized carbons (Fsp3) is 0.571. The minimum absolute atomic E-state index is 0.0748. The van der Waals surface area contributed by atoms with Gasteiger partial charge in [-0.05, 0) is 36.8 Å². The van der Waals surface area contributed by atoms with E-state index in [9.17, 15) is 12.8 Å². The molecule has 1 aliphatic carbocycles. The van der Waals surface area contributed by atoms with E-state index >= 15 is 0 Å². The first-order valence-electron chi connectivity index (χ1n) is 6.86. The molecule has 0 bridgehead atoms. The van der Waals surface area contributed by atoms with Crippen molar-refractivity contribution in [3.63, 3.8) is 0 Å². The van der Waals surface area contributed by atoms with E-state index in [4.69, 9.17) is 5.11 Å². The van der Waals surface area contributed by atoms with Gasteiger partial charge in [0, 0.05) is 11.3 Å². The van der Waals surface area contributed by atoms with Crippen LogP contribution in [0.2, 0.25) is 0 Å². The second-order valence-corrected chi connectivity index (χ2v) is 8.35. The third kappa shape index (κ3) is 3.77. The van der Waals surface area contributed by atoms with Crippen molar-refractivity contribution in [2.75, 3.05) is 12.8 Å². The quantitative estimate of drug-likeness (QED) is 0.838. The van der Waals surface area contributed by atoms with Gasteiger partial charge in [0.15, 0.2) is 0 Å².